The fourth-order valence-corrected chi connectivity index (χ4v) is 1.09. The molecule has 0 aliphatic rings. The van der Waals surface area contributed by atoms with Gasteiger partial charge in [0, 0.05) is 0 Å². The van der Waals surface area contributed by atoms with Gasteiger partial charge >= 0.3 is 0 Å². The van der Waals surface area contributed by atoms with Crippen molar-refractivity contribution in [3.8, 4) is 0 Å². The van der Waals surface area contributed by atoms with Crippen molar-refractivity contribution in [1.82, 2.24) is 5.32 Å². The van der Waals surface area contributed by atoms with Gasteiger partial charge in [-0.25, -0.2) is 8.78 Å². The average molecular weight is 236 g/mol. The molecule has 0 aliphatic heterocycles. The Balaban J connectivity index is 4.57. The summed E-state index contributed by atoms with van der Waals surface area (Å²) >= 11 is 5.26. The van der Waals surface area contributed by atoms with E-state index in [1.807, 2.05) is 0 Å². The van der Waals surface area contributed by atoms with Crippen molar-refractivity contribution >= 4 is 11.6 Å². The van der Waals surface area contributed by atoms with Crippen LogP contribution in [0.4, 0.5) is 8.78 Å². The maximum absolute atomic E-state index is 13.4. The van der Waals surface area contributed by atoms with Crippen molar-refractivity contribution in [2.24, 2.45) is 5.92 Å². The molecule has 86 valence electrons. The van der Waals surface area contributed by atoms with E-state index >= 15 is 0 Å². The van der Waals surface area contributed by atoms with E-state index in [-0.39, 0.29) is 11.5 Å². The lowest BCUT2D eigenvalue weighted by molar-refractivity contribution is 0.514. The standard InChI is InChI=1S/C11H16ClF2N/c1-7(5-6-15-4)8(2)10(13)11(14)9(3)12/h7,15H,2-3,5-6H2,1,4H3/b11-10-. The fourth-order valence-electron chi connectivity index (χ4n) is 1.01. The molecule has 0 fully saturated rings. The largest absolute Gasteiger partial charge is 0.320 e. The van der Waals surface area contributed by atoms with E-state index in [0.717, 1.165) is 6.54 Å². The molecule has 0 saturated heterocycles. The Morgan fingerprint density at radius 1 is 1.33 bits per heavy atom. The Morgan fingerprint density at radius 3 is 2.27 bits per heavy atom. The van der Waals surface area contributed by atoms with Gasteiger partial charge in [-0.1, -0.05) is 31.7 Å². The number of halogens is 3. The molecule has 0 amide bonds. The first-order valence-corrected chi connectivity index (χ1v) is 5.03. The summed E-state index contributed by atoms with van der Waals surface area (Å²) in [7, 11) is 1.79. The Hall–Kier alpha value is -0.670. The highest BCUT2D eigenvalue weighted by Gasteiger charge is 2.16. The van der Waals surface area contributed by atoms with Gasteiger partial charge in [-0.15, -0.1) is 0 Å². The molecule has 0 aromatic heterocycles. The molecule has 15 heavy (non-hydrogen) atoms. The van der Waals surface area contributed by atoms with Crippen LogP contribution in [0.5, 0.6) is 0 Å². The molecule has 1 unspecified atom stereocenters. The minimum Gasteiger partial charge on any atom is -0.320 e. The summed E-state index contributed by atoms with van der Waals surface area (Å²) in [5.74, 6) is -2.27. The number of hydrogen-bond acceptors (Lipinski definition) is 1. The molecule has 0 bridgehead atoms. The smallest absolute Gasteiger partial charge is 0.177 e. The van der Waals surface area contributed by atoms with Gasteiger partial charge in [-0.2, -0.15) is 0 Å². The van der Waals surface area contributed by atoms with E-state index in [9.17, 15) is 8.78 Å². The van der Waals surface area contributed by atoms with Crippen molar-refractivity contribution in [2.45, 2.75) is 13.3 Å². The number of nitrogens with one attached hydrogen (secondary N) is 1. The van der Waals surface area contributed by atoms with Crippen molar-refractivity contribution in [3.05, 3.63) is 35.4 Å². The van der Waals surface area contributed by atoms with E-state index in [0.29, 0.717) is 6.42 Å². The normalized spacial score (nSPS) is 14.5. The van der Waals surface area contributed by atoms with Gasteiger partial charge < -0.3 is 5.32 Å². The van der Waals surface area contributed by atoms with E-state index in [1.54, 1.807) is 14.0 Å². The number of rotatable bonds is 6. The molecular weight excluding hydrogens is 220 g/mol. The highest BCUT2D eigenvalue weighted by molar-refractivity contribution is 6.31. The maximum Gasteiger partial charge on any atom is 0.177 e. The third-order valence-electron chi connectivity index (χ3n) is 2.14. The quantitative estimate of drug-likeness (QED) is 0.693. The van der Waals surface area contributed by atoms with Crippen molar-refractivity contribution in [3.63, 3.8) is 0 Å². The average Bonchev–Trinajstić information content (AvgIpc) is 2.22. The predicted molar refractivity (Wildman–Crippen MR) is 61.1 cm³/mol. The van der Waals surface area contributed by atoms with Gasteiger partial charge in [0.1, 0.15) is 0 Å². The zero-order valence-electron chi connectivity index (χ0n) is 9.04. The summed E-state index contributed by atoms with van der Waals surface area (Å²) in [6, 6.07) is 0. The third kappa shape index (κ3) is 4.58. The topological polar surface area (TPSA) is 12.0 Å². The highest BCUT2D eigenvalue weighted by atomic mass is 35.5. The summed E-state index contributed by atoms with van der Waals surface area (Å²) in [6.07, 6.45) is 0.685. The summed E-state index contributed by atoms with van der Waals surface area (Å²) < 4.78 is 26.4. The number of allylic oxidation sites excluding steroid dienone is 4. The molecule has 0 aromatic carbocycles. The molecule has 0 aromatic rings. The zero-order chi connectivity index (χ0) is 12.0. The van der Waals surface area contributed by atoms with Crippen LogP contribution in [0.3, 0.4) is 0 Å². The van der Waals surface area contributed by atoms with Gasteiger partial charge in [0.25, 0.3) is 0 Å². The Kier molecular flexibility index (Phi) is 6.45. The molecule has 0 radical (unpaired) electrons. The van der Waals surface area contributed by atoms with Gasteiger partial charge in [-0.05, 0) is 31.5 Å². The molecular formula is C11H16ClF2N. The van der Waals surface area contributed by atoms with Gasteiger partial charge in [0.05, 0.1) is 5.03 Å². The lowest BCUT2D eigenvalue weighted by Gasteiger charge is -2.13. The fraction of sp³-hybridized carbons (Fsp3) is 0.455. The van der Waals surface area contributed by atoms with E-state index < -0.39 is 16.7 Å². The third-order valence-corrected chi connectivity index (χ3v) is 2.30. The van der Waals surface area contributed by atoms with Crippen LogP contribution in [0.1, 0.15) is 13.3 Å². The van der Waals surface area contributed by atoms with Gasteiger partial charge in [0.15, 0.2) is 11.7 Å². The molecule has 1 nitrogen and oxygen atoms in total. The lowest BCUT2D eigenvalue weighted by atomic mass is 9.97. The Morgan fingerprint density at radius 2 is 1.87 bits per heavy atom. The Bertz CT molecular complexity index is 284. The molecule has 0 rings (SSSR count). The van der Waals surface area contributed by atoms with Gasteiger partial charge in [0.2, 0.25) is 0 Å². The molecule has 0 spiro atoms. The van der Waals surface area contributed by atoms with Crippen LogP contribution in [0, 0.1) is 5.92 Å². The zero-order valence-corrected chi connectivity index (χ0v) is 9.80. The van der Waals surface area contributed by atoms with E-state index in [4.69, 9.17) is 11.6 Å². The molecule has 0 saturated carbocycles. The van der Waals surface area contributed by atoms with Crippen molar-refractivity contribution in [2.75, 3.05) is 13.6 Å². The summed E-state index contributed by atoms with van der Waals surface area (Å²) in [4.78, 5) is 0. The summed E-state index contributed by atoms with van der Waals surface area (Å²) in [5.41, 5.74) is 0.115. The molecule has 0 heterocycles. The second-order valence-electron chi connectivity index (χ2n) is 3.35. The lowest BCUT2D eigenvalue weighted by Crippen LogP contribution is -2.13. The molecule has 1 N–H and O–H groups in total. The van der Waals surface area contributed by atoms with E-state index in [2.05, 4.69) is 18.5 Å². The van der Waals surface area contributed by atoms with Crippen LogP contribution in [0.2, 0.25) is 0 Å². The Labute approximate surface area is 94.5 Å². The van der Waals surface area contributed by atoms with Crippen molar-refractivity contribution < 1.29 is 8.78 Å². The second-order valence-corrected chi connectivity index (χ2v) is 3.81. The van der Waals surface area contributed by atoms with Crippen LogP contribution in [0.15, 0.2) is 35.4 Å². The monoisotopic (exact) mass is 235 g/mol. The van der Waals surface area contributed by atoms with Crippen LogP contribution in [-0.4, -0.2) is 13.6 Å². The maximum atomic E-state index is 13.4. The number of hydrogen-bond donors (Lipinski definition) is 1. The minimum absolute atomic E-state index is 0.115. The van der Waals surface area contributed by atoms with Gasteiger partial charge in [-0.3, -0.25) is 0 Å². The molecule has 4 heteroatoms. The van der Waals surface area contributed by atoms with Crippen LogP contribution >= 0.6 is 11.6 Å². The van der Waals surface area contributed by atoms with Crippen LogP contribution in [-0.2, 0) is 0 Å². The predicted octanol–water partition coefficient (Wildman–Crippen LogP) is 3.69. The summed E-state index contributed by atoms with van der Waals surface area (Å²) in [6.45, 7) is 9.13. The highest BCUT2D eigenvalue weighted by Crippen LogP contribution is 2.28. The van der Waals surface area contributed by atoms with Crippen LogP contribution in [0.25, 0.3) is 0 Å². The SMILES string of the molecule is C=C(Cl)/C(F)=C(/F)C(=C)C(C)CCNC. The van der Waals surface area contributed by atoms with E-state index in [1.165, 1.54) is 0 Å². The van der Waals surface area contributed by atoms with Crippen LogP contribution < -0.4 is 5.32 Å². The first-order valence-electron chi connectivity index (χ1n) is 4.65. The molecule has 0 aliphatic carbocycles. The van der Waals surface area contributed by atoms with Crippen molar-refractivity contribution in [1.29, 1.82) is 0 Å². The molecule has 1 atom stereocenters. The second kappa shape index (κ2) is 6.75. The minimum atomic E-state index is -1.13. The first-order chi connectivity index (χ1) is 6.91. The summed E-state index contributed by atoms with van der Waals surface area (Å²) in [5, 5.41) is 2.49. The first kappa shape index (κ1) is 14.3.